The third-order valence-electron chi connectivity index (χ3n) is 5.69. The van der Waals surface area contributed by atoms with Crippen LogP contribution in [0.5, 0.6) is 0 Å². The first-order valence-electron chi connectivity index (χ1n) is 11.1. The minimum Gasteiger partial charge on any atom is -0.360 e. The largest absolute Gasteiger partial charge is 0.360 e. The molecule has 0 unspecified atom stereocenters. The zero-order valence-corrected chi connectivity index (χ0v) is 20.3. The summed E-state index contributed by atoms with van der Waals surface area (Å²) in [4.78, 5) is 16.1. The van der Waals surface area contributed by atoms with Gasteiger partial charge in [-0.25, -0.2) is 17.2 Å². The molecule has 2 aromatic carbocycles. The molecule has 0 bridgehead atoms. The molecule has 0 saturated carbocycles. The van der Waals surface area contributed by atoms with Crippen LogP contribution >= 0.6 is 0 Å². The summed E-state index contributed by atoms with van der Waals surface area (Å²) in [5, 5.41) is 5.66. The van der Waals surface area contributed by atoms with Gasteiger partial charge in [-0.3, -0.25) is 9.78 Å². The van der Waals surface area contributed by atoms with Gasteiger partial charge in [-0.1, -0.05) is 29.4 Å². The van der Waals surface area contributed by atoms with Crippen LogP contribution in [0.15, 0.2) is 82.6 Å². The fraction of sp³-hybridized carbons (Fsp3) is 0.115. The van der Waals surface area contributed by atoms with Crippen LogP contribution in [0.25, 0.3) is 22.0 Å². The molecule has 0 saturated heterocycles. The Bertz CT molecular complexity index is 1730. The van der Waals surface area contributed by atoms with Crippen molar-refractivity contribution >= 4 is 32.5 Å². The number of halogens is 2. The predicted octanol–water partition coefficient (Wildman–Crippen LogP) is 4.74. The molecule has 0 aliphatic carbocycles. The lowest BCUT2D eigenvalue weighted by atomic mass is 10.0. The lowest BCUT2D eigenvalue weighted by molar-refractivity contribution is -0.113. The average molecular weight is 523 g/mol. The van der Waals surface area contributed by atoms with Crippen molar-refractivity contribution in [2.75, 3.05) is 11.1 Å². The third-order valence-corrected chi connectivity index (χ3v) is 7.31. The number of anilines is 1. The molecular weight excluding hydrogens is 502 g/mol. The number of carbonyl (C=O) groups is 1. The summed E-state index contributed by atoms with van der Waals surface area (Å²) in [5.74, 6) is -3.24. The van der Waals surface area contributed by atoms with Crippen LogP contribution in [0.1, 0.15) is 11.3 Å². The molecule has 3 aromatic heterocycles. The number of nitrogens with one attached hydrogen (secondary N) is 1. The van der Waals surface area contributed by atoms with Crippen LogP contribution in [0, 0.1) is 18.6 Å². The number of aryl methyl sites for hydroxylation is 1. The summed E-state index contributed by atoms with van der Waals surface area (Å²) in [6, 6.07) is 14.3. The Morgan fingerprint density at radius 2 is 1.89 bits per heavy atom. The van der Waals surface area contributed by atoms with E-state index in [2.05, 4.69) is 15.5 Å². The van der Waals surface area contributed by atoms with Gasteiger partial charge in [-0.2, -0.15) is 0 Å². The highest BCUT2D eigenvalue weighted by atomic mass is 32.2. The maximum absolute atomic E-state index is 14.9. The predicted molar refractivity (Wildman–Crippen MR) is 133 cm³/mol. The highest BCUT2D eigenvalue weighted by Crippen LogP contribution is 2.31. The van der Waals surface area contributed by atoms with Crippen LogP contribution in [-0.2, 0) is 21.2 Å². The zero-order valence-electron chi connectivity index (χ0n) is 19.5. The summed E-state index contributed by atoms with van der Waals surface area (Å²) in [5.41, 5.74) is 2.59. The van der Waals surface area contributed by atoms with Gasteiger partial charge in [0.25, 0.3) is 0 Å². The van der Waals surface area contributed by atoms with Crippen LogP contribution in [-0.4, -0.2) is 34.8 Å². The van der Waals surface area contributed by atoms with Gasteiger partial charge in [0.2, 0.25) is 5.91 Å². The Morgan fingerprint density at radius 3 is 2.62 bits per heavy atom. The molecule has 11 heteroatoms. The summed E-state index contributed by atoms with van der Waals surface area (Å²) in [6.45, 7) is 1.75. The number of benzene rings is 2. The van der Waals surface area contributed by atoms with E-state index < -0.39 is 38.0 Å². The first-order chi connectivity index (χ1) is 17.7. The second-order valence-electron chi connectivity index (χ2n) is 8.48. The number of sulfone groups is 1. The van der Waals surface area contributed by atoms with E-state index >= 15 is 0 Å². The van der Waals surface area contributed by atoms with E-state index in [1.54, 1.807) is 19.3 Å². The average Bonchev–Trinajstić information content (AvgIpc) is 3.43. The van der Waals surface area contributed by atoms with E-state index in [9.17, 15) is 22.0 Å². The van der Waals surface area contributed by atoms with Gasteiger partial charge in [-0.05, 0) is 41.8 Å². The smallest absolute Gasteiger partial charge is 0.241 e. The molecular formula is C26H20F2N4O4S. The van der Waals surface area contributed by atoms with Crippen LogP contribution in [0.3, 0.4) is 0 Å². The van der Waals surface area contributed by atoms with Crippen molar-refractivity contribution in [1.82, 2.24) is 14.7 Å². The highest BCUT2D eigenvalue weighted by Gasteiger charge is 2.27. The summed E-state index contributed by atoms with van der Waals surface area (Å²) < 4.78 is 61.8. The monoisotopic (exact) mass is 522 g/mol. The second-order valence-corrected chi connectivity index (χ2v) is 10.4. The van der Waals surface area contributed by atoms with Crippen LogP contribution in [0.4, 0.5) is 14.6 Å². The lowest BCUT2D eigenvalue weighted by Gasteiger charge is -2.08. The topological polar surface area (TPSA) is 107 Å². The van der Waals surface area contributed by atoms with Gasteiger partial charge >= 0.3 is 0 Å². The SMILES string of the molecule is Cc1cc(NC(=O)CS(=O)(=O)c2cn(Cc3cccc(-c4cccnc4)c3)c3cc(F)cc(F)c23)no1. The van der Waals surface area contributed by atoms with E-state index in [0.29, 0.717) is 11.8 Å². The molecule has 3 heterocycles. The van der Waals surface area contributed by atoms with E-state index in [4.69, 9.17) is 4.52 Å². The van der Waals surface area contributed by atoms with Gasteiger partial charge in [-0.15, -0.1) is 0 Å². The molecule has 0 aliphatic heterocycles. The van der Waals surface area contributed by atoms with Gasteiger partial charge in [0.1, 0.15) is 23.1 Å². The molecule has 0 radical (unpaired) electrons. The maximum atomic E-state index is 14.9. The zero-order chi connectivity index (χ0) is 26.2. The summed E-state index contributed by atoms with van der Waals surface area (Å²) >= 11 is 0. The number of rotatable bonds is 7. The normalized spacial score (nSPS) is 11.6. The number of hydrogen-bond acceptors (Lipinski definition) is 6. The molecule has 188 valence electrons. The molecule has 0 fully saturated rings. The summed E-state index contributed by atoms with van der Waals surface area (Å²) in [7, 11) is -4.32. The number of hydrogen-bond donors (Lipinski definition) is 1. The van der Waals surface area contributed by atoms with Crippen LogP contribution in [0.2, 0.25) is 0 Å². The highest BCUT2D eigenvalue weighted by molar-refractivity contribution is 7.92. The van der Waals surface area contributed by atoms with Crippen molar-refractivity contribution in [3.05, 3.63) is 96.1 Å². The number of carbonyl (C=O) groups excluding carboxylic acids is 1. The lowest BCUT2D eigenvalue weighted by Crippen LogP contribution is -2.23. The number of amides is 1. The van der Waals surface area contributed by atoms with E-state index in [-0.39, 0.29) is 23.3 Å². The number of aromatic nitrogens is 3. The Morgan fingerprint density at radius 1 is 1.08 bits per heavy atom. The molecule has 8 nitrogen and oxygen atoms in total. The van der Waals surface area contributed by atoms with E-state index in [1.165, 1.54) is 16.8 Å². The minimum absolute atomic E-state index is 0.0513. The van der Waals surface area contributed by atoms with Gasteiger partial charge in [0.15, 0.2) is 15.7 Å². The number of fused-ring (bicyclic) bond motifs is 1. The van der Waals surface area contributed by atoms with Crippen molar-refractivity contribution < 1.29 is 26.5 Å². The number of pyridine rings is 1. The molecule has 37 heavy (non-hydrogen) atoms. The Labute approximate surface area is 210 Å². The van der Waals surface area contributed by atoms with E-state index in [1.807, 2.05) is 36.4 Å². The van der Waals surface area contributed by atoms with E-state index in [0.717, 1.165) is 22.8 Å². The molecule has 0 aliphatic rings. The molecule has 5 aromatic rings. The van der Waals surface area contributed by atoms with Gasteiger partial charge in [0, 0.05) is 37.3 Å². The van der Waals surface area contributed by atoms with Crippen molar-refractivity contribution in [2.24, 2.45) is 0 Å². The Balaban J connectivity index is 1.51. The fourth-order valence-corrected chi connectivity index (χ4v) is 5.48. The Kier molecular flexibility index (Phi) is 6.30. The van der Waals surface area contributed by atoms with Crippen molar-refractivity contribution in [2.45, 2.75) is 18.4 Å². The van der Waals surface area contributed by atoms with Crippen molar-refractivity contribution in [1.29, 1.82) is 0 Å². The quantitative estimate of drug-likeness (QED) is 0.331. The standard InChI is InChI=1S/C26H20F2N4O4S/c1-16-8-24(31-36-16)30-25(33)15-37(34,35)23-14-32(22-11-20(27)10-21(28)26(22)23)13-17-4-2-5-18(9-17)19-6-3-7-29-12-19/h2-12,14H,13,15H2,1H3,(H,30,31,33). The minimum atomic E-state index is -4.32. The molecule has 5 rings (SSSR count). The Hall–Kier alpha value is -4.38. The van der Waals surface area contributed by atoms with Crippen molar-refractivity contribution in [3.8, 4) is 11.1 Å². The van der Waals surface area contributed by atoms with Crippen molar-refractivity contribution in [3.63, 3.8) is 0 Å². The third kappa shape index (κ3) is 5.12. The maximum Gasteiger partial charge on any atom is 0.241 e. The second kappa shape index (κ2) is 9.58. The molecule has 0 atom stereocenters. The molecule has 0 spiro atoms. The van der Waals surface area contributed by atoms with Gasteiger partial charge in [0.05, 0.1) is 15.8 Å². The summed E-state index contributed by atoms with van der Waals surface area (Å²) in [6.07, 6.45) is 4.61. The number of nitrogens with zero attached hydrogens (tertiary/aromatic N) is 3. The van der Waals surface area contributed by atoms with Crippen LogP contribution < -0.4 is 5.32 Å². The first kappa shape index (κ1) is 24.3. The first-order valence-corrected chi connectivity index (χ1v) is 12.8. The fourth-order valence-electron chi connectivity index (χ4n) is 4.11. The van der Waals surface area contributed by atoms with Gasteiger partial charge < -0.3 is 14.4 Å². The molecule has 1 amide bonds. The molecule has 1 N–H and O–H groups in total.